The van der Waals surface area contributed by atoms with E-state index in [2.05, 4.69) is 26.2 Å². The van der Waals surface area contributed by atoms with Gasteiger partial charge in [0.25, 0.3) is 0 Å². The maximum absolute atomic E-state index is 12.8. The molecule has 18 heavy (non-hydrogen) atoms. The van der Waals surface area contributed by atoms with Crippen LogP contribution < -0.4 is 5.32 Å². The van der Waals surface area contributed by atoms with Crippen molar-refractivity contribution in [2.75, 3.05) is 11.2 Å². The summed E-state index contributed by atoms with van der Waals surface area (Å²) in [5.41, 5.74) is -0.769. The van der Waals surface area contributed by atoms with Crippen LogP contribution in [0.4, 0.5) is 19.0 Å². The van der Waals surface area contributed by atoms with Crippen LogP contribution in [-0.2, 0) is 6.18 Å². The fourth-order valence-corrected chi connectivity index (χ4v) is 1.94. The lowest BCUT2D eigenvalue weighted by Gasteiger charge is -2.18. The molecule has 0 aliphatic carbocycles. The Bertz CT molecular complexity index is 398. The van der Waals surface area contributed by atoms with Gasteiger partial charge in [0.2, 0.25) is 0 Å². The largest absolute Gasteiger partial charge is 0.419 e. The van der Waals surface area contributed by atoms with E-state index in [1.54, 1.807) is 6.92 Å². The van der Waals surface area contributed by atoms with Crippen molar-refractivity contribution >= 4 is 33.3 Å². The minimum absolute atomic E-state index is 0.112. The Morgan fingerprint density at radius 3 is 2.72 bits per heavy atom. The third-order valence-electron chi connectivity index (χ3n) is 2.31. The lowest BCUT2D eigenvalue weighted by atomic mass is 10.2. The molecule has 0 aromatic carbocycles. The first-order valence-corrected chi connectivity index (χ1v) is 6.72. The predicted octanol–water partition coefficient (Wildman–Crippen LogP) is 4.68. The molecule has 102 valence electrons. The molecule has 7 heteroatoms. The van der Waals surface area contributed by atoms with Gasteiger partial charge < -0.3 is 5.32 Å². The molecule has 1 unspecified atom stereocenters. The van der Waals surface area contributed by atoms with Crippen LogP contribution in [0, 0.1) is 0 Å². The van der Waals surface area contributed by atoms with E-state index in [0.29, 0.717) is 16.8 Å². The second kappa shape index (κ2) is 6.61. The topological polar surface area (TPSA) is 24.9 Å². The summed E-state index contributed by atoms with van der Waals surface area (Å²) in [4.78, 5) is 3.78. The van der Waals surface area contributed by atoms with Crippen molar-refractivity contribution in [2.45, 2.75) is 32.0 Å². The summed E-state index contributed by atoms with van der Waals surface area (Å²) in [5, 5.41) is 2.77. The normalized spacial score (nSPS) is 13.4. The minimum Gasteiger partial charge on any atom is -0.367 e. The highest BCUT2D eigenvalue weighted by Gasteiger charge is 2.34. The van der Waals surface area contributed by atoms with E-state index >= 15 is 0 Å². The van der Waals surface area contributed by atoms with Gasteiger partial charge in [0.05, 0.1) is 5.56 Å². The zero-order chi connectivity index (χ0) is 13.8. The number of aromatic nitrogens is 1. The second-order valence-corrected chi connectivity index (χ2v) is 5.22. The summed E-state index contributed by atoms with van der Waals surface area (Å²) in [7, 11) is 0. The number of nitrogens with one attached hydrogen (secondary N) is 1. The van der Waals surface area contributed by atoms with E-state index in [0.717, 1.165) is 12.5 Å². The summed E-state index contributed by atoms with van der Waals surface area (Å²) in [6.07, 6.45) is -1.65. The SMILES string of the molecule is CC(CCCCl)Nc1ncc(Br)cc1C(F)(F)F. The van der Waals surface area contributed by atoms with E-state index in [1.165, 1.54) is 6.20 Å². The minimum atomic E-state index is -4.43. The Morgan fingerprint density at radius 2 is 2.17 bits per heavy atom. The van der Waals surface area contributed by atoms with E-state index in [9.17, 15) is 13.2 Å². The lowest BCUT2D eigenvalue weighted by molar-refractivity contribution is -0.137. The first-order valence-electron chi connectivity index (χ1n) is 5.40. The van der Waals surface area contributed by atoms with E-state index < -0.39 is 11.7 Å². The Labute approximate surface area is 117 Å². The molecule has 0 amide bonds. The quantitative estimate of drug-likeness (QED) is 0.784. The maximum Gasteiger partial charge on any atom is 0.419 e. The Morgan fingerprint density at radius 1 is 1.50 bits per heavy atom. The smallest absolute Gasteiger partial charge is 0.367 e. The summed E-state index contributed by atoms with van der Waals surface area (Å²) in [5.74, 6) is 0.346. The van der Waals surface area contributed by atoms with Crippen LogP contribution in [0.1, 0.15) is 25.3 Å². The fraction of sp³-hybridized carbons (Fsp3) is 0.545. The Hall–Kier alpha value is -0.490. The molecule has 0 fully saturated rings. The van der Waals surface area contributed by atoms with Crippen LogP contribution in [0.3, 0.4) is 0 Å². The van der Waals surface area contributed by atoms with Crippen LogP contribution in [0.15, 0.2) is 16.7 Å². The lowest BCUT2D eigenvalue weighted by Crippen LogP contribution is -2.20. The number of anilines is 1. The number of halogens is 5. The average molecular weight is 346 g/mol. The van der Waals surface area contributed by atoms with Gasteiger partial charge in [-0.2, -0.15) is 13.2 Å². The molecule has 0 aliphatic rings. The molecule has 0 aliphatic heterocycles. The van der Waals surface area contributed by atoms with Gasteiger partial charge >= 0.3 is 6.18 Å². The van der Waals surface area contributed by atoms with Crippen molar-refractivity contribution in [1.29, 1.82) is 0 Å². The van der Waals surface area contributed by atoms with Crippen LogP contribution in [0.5, 0.6) is 0 Å². The molecular weight excluding hydrogens is 332 g/mol. The van der Waals surface area contributed by atoms with E-state index in [1.807, 2.05) is 0 Å². The highest BCUT2D eigenvalue weighted by Crippen LogP contribution is 2.35. The number of rotatable bonds is 5. The molecule has 1 atom stereocenters. The zero-order valence-corrected chi connectivity index (χ0v) is 12.0. The molecule has 1 rings (SSSR count). The van der Waals surface area contributed by atoms with Gasteiger partial charge in [-0.3, -0.25) is 0 Å². The van der Waals surface area contributed by atoms with Crippen molar-refractivity contribution in [2.24, 2.45) is 0 Å². The van der Waals surface area contributed by atoms with E-state index in [-0.39, 0.29) is 11.9 Å². The monoisotopic (exact) mass is 344 g/mol. The highest BCUT2D eigenvalue weighted by atomic mass is 79.9. The van der Waals surface area contributed by atoms with Crippen LogP contribution in [0.2, 0.25) is 0 Å². The van der Waals surface area contributed by atoms with Crippen LogP contribution in [-0.4, -0.2) is 16.9 Å². The van der Waals surface area contributed by atoms with Crippen LogP contribution in [0.25, 0.3) is 0 Å². The number of alkyl halides is 4. The number of hydrogen-bond donors (Lipinski definition) is 1. The van der Waals surface area contributed by atoms with E-state index in [4.69, 9.17) is 11.6 Å². The van der Waals surface area contributed by atoms with Gasteiger partial charge in [-0.15, -0.1) is 11.6 Å². The van der Waals surface area contributed by atoms with Gasteiger partial charge in [-0.25, -0.2) is 4.98 Å². The molecule has 0 saturated heterocycles. The zero-order valence-electron chi connectivity index (χ0n) is 9.69. The molecule has 1 N–H and O–H groups in total. The highest BCUT2D eigenvalue weighted by molar-refractivity contribution is 9.10. The summed E-state index contributed by atoms with van der Waals surface area (Å²) < 4.78 is 38.7. The summed E-state index contributed by atoms with van der Waals surface area (Å²) in [6.45, 7) is 1.80. The van der Waals surface area contributed by atoms with Crippen molar-refractivity contribution < 1.29 is 13.2 Å². The molecular formula is C11H13BrClF3N2. The van der Waals surface area contributed by atoms with Crippen molar-refractivity contribution in [3.63, 3.8) is 0 Å². The van der Waals surface area contributed by atoms with Gasteiger partial charge in [0.1, 0.15) is 5.82 Å². The third-order valence-corrected chi connectivity index (χ3v) is 3.01. The van der Waals surface area contributed by atoms with Crippen LogP contribution >= 0.6 is 27.5 Å². The van der Waals surface area contributed by atoms with Crippen molar-refractivity contribution in [1.82, 2.24) is 4.98 Å². The third kappa shape index (κ3) is 4.65. The van der Waals surface area contributed by atoms with Gasteiger partial charge in [0.15, 0.2) is 0 Å². The number of hydrogen-bond acceptors (Lipinski definition) is 2. The van der Waals surface area contributed by atoms with Crippen molar-refractivity contribution in [3.05, 3.63) is 22.3 Å². The molecule has 2 nitrogen and oxygen atoms in total. The average Bonchev–Trinajstić information content (AvgIpc) is 2.27. The molecule has 1 heterocycles. The predicted molar refractivity (Wildman–Crippen MR) is 70.0 cm³/mol. The molecule has 1 aromatic heterocycles. The fourth-order valence-electron chi connectivity index (χ4n) is 1.46. The maximum atomic E-state index is 12.8. The number of pyridine rings is 1. The molecule has 0 spiro atoms. The molecule has 0 saturated carbocycles. The first kappa shape index (κ1) is 15.6. The van der Waals surface area contributed by atoms with Crippen molar-refractivity contribution in [3.8, 4) is 0 Å². The molecule has 1 aromatic rings. The van der Waals surface area contributed by atoms with Gasteiger partial charge in [-0.1, -0.05) is 0 Å². The first-order chi connectivity index (χ1) is 8.34. The molecule has 0 bridgehead atoms. The summed E-state index contributed by atoms with van der Waals surface area (Å²) in [6, 6.07) is 0.905. The standard InChI is InChI=1S/C11H13BrClF3N2/c1-7(3-2-4-13)18-10-9(11(14,15)16)5-8(12)6-17-10/h5-7H,2-4H2,1H3,(H,17,18). The van der Waals surface area contributed by atoms with Gasteiger partial charge in [-0.05, 0) is 41.8 Å². The summed E-state index contributed by atoms with van der Waals surface area (Å²) >= 11 is 8.53. The second-order valence-electron chi connectivity index (χ2n) is 3.92. The Balaban J connectivity index is 2.88. The van der Waals surface area contributed by atoms with Gasteiger partial charge in [0, 0.05) is 22.6 Å². The number of nitrogens with zero attached hydrogens (tertiary/aromatic N) is 1. The Kier molecular flexibility index (Phi) is 5.72. The molecule has 0 radical (unpaired) electrons.